The number of nitrogens with zero attached hydrogens (tertiary/aromatic N) is 2. The summed E-state index contributed by atoms with van der Waals surface area (Å²) in [6.45, 7) is 0.798. The number of sulfonamides is 1. The second-order valence-corrected chi connectivity index (χ2v) is 8.11. The van der Waals surface area contributed by atoms with Crippen molar-refractivity contribution in [3.63, 3.8) is 0 Å². The fourth-order valence-electron chi connectivity index (χ4n) is 2.64. The molecule has 148 valence electrons. The van der Waals surface area contributed by atoms with Gasteiger partial charge in [0.05, 0.1) is 28.6 Å². The van der Waals surface area contributed by atoms with E-state index in [0.29, 0.717) is 36.0 Å². The van der Waals surface area contributed by atoms with E-state index in [1.807, 2.05) is 18.2 Å². The zero-order chi connectivity index (χ0) is 20.1. The molecule has 0 aliphatic carbocycles. The number of rotatable bonds is 8. The highest BCUT2D eigenvalue weighted by atomic mass is 35.5. The Labute approximate surface area is 168 Å². The molecule has 3 N–H and O–H groups in total. The monoisotopic (exact) mass is 421 g/mol. The van der Waals surface area contributed by atoms with E-state index >= 15 is 0 Å². The van der Waals surface area contributed by atoms with Gasteiger partial charge in [-0.25, -0.2) is 18.2 Å². The highest BCUT2D eigenvalue weighted by Crippen LogP contribution is 2.26. The number of aliphatic hydroxyl groups is 1. The van der Waals surface area contributed by atoms with Gasteiger partial charge >= 0.3 is 0 Å². The van der Waals surface area contributed by atoms with Crippen LogP contribution in [0.15, 0.2) is 59.5 Å². The lowest BCUT2D eigenvalue weighted by molar-refractivity contribution is 0.102. The number of hydrogen-bond donors (Lipinski definition) is 2. The van der Waals surface area contributed by atoms with Crippen LogP contribution in [0.3, 0.4) is 0 Å². The molecule has 0 radical (unpaired) electrons. The van der Waals surface area contributed by atoms with Gasteiger partial charge in [-0.3, -0.25) is 0 Å². The molecule has 0 saturated heterocycles. The molecular formula is C19H20ClN3O4S. The molecular weight excluding hydrogens is 402 g/mol. The molecule has 0 aliphatic rings. The SMILES string of the molecule is NS(=O)(=O)c1ccc(-n2nc(COCCCO)cc2-c2ccc(Cl)cc2)cc1. The Balaban J connectivity index is 1.97. The molecule has 0 atom stereocenters. The molecule has 0 amide bonds. The molecule has 1 heterocycles. The lowest BCUT2D eigenvalue weighted by Gasteiger charge is -2.08. The molecule has 0 spiro atoms. The van der Waals surface area contributed by atoms with Gasteiger partial charge in [-0.2, -0.15) is 5.10 Å². The number of hydrogen-bond acceptors (Lipinski definition) is 5. The van der Waals surface area contributed by atoms with Gasteiger partial charge in [-0.15, -0.1) is 0 Å². The number of aromatic nitrogens is 2. The maximum Gasteiger partial charge on any atom is 0.238 e. The topological polar surface area (TPSA) is 107 Å². The summed E-state index contributed by atoms with van der Waals surface area (Å²) < 4.78 is 30.2. The smallest absolute Gasteiger partial charge is 0.238 e. The van der Waals surface area contributed by atoms with Crippen LogP contribution in [0.5, 0.6) is 0 Å². The summed E-state index contributed by atoms with van der Waals surface area (Å²) >= 11 is 5.99. The lowest BCUT2D eigenvalue weighted by Crippen LogP contribution is -2.12. The molecule has 0 bridgehead atoms. The third kappa shape index (κ3) is 4.98. The van der Waals surface area contributed by atoms with Crippen LogP contribution in [0.2, 0.25) is 5.02 Å². The first-order valence-corrected chi connectivity index (χ1v) is 10.5. The summed E-state index contributed by atoms with van der Waals surface area (Å²) in [5, 5.41) is 19.2. The summed E-state index contributed by atoms with van der Waals surface area (Å²) in [6.07, 6.45) is 0.555. The van der Waals surface area contributed by atoms with E-state index < -0.39 is 10.0 Å². The fraction of sp³-hybridized carbons (Fsp3) is 0.211. The Hall–Kier alpha value is -2.23. The number of nitrogens with two attached hydrogens (primary N) is 1. The van der Waals surface area contributed by atoms with Crippen molar-refractivity contribution in [1.29, 1.82) is 0 Å². The third-order valence-electron chi connectivity index (χ3n) is 4.01. The Kier molecular flexibility index (Phi) is 6.48. The summed E-state index contributed by atoms with van der Waals surface area (Å²) in [7, 11) is -3.77. The van der Waals surface area contributed by atoms with Crippen molar-refractivity contribution in [2.75, 3.05) is 13.2 Å². The minimum absolute atomic E-state index is 0.0315. The van der Waals surface area contributed by atoms with Crippen molar-refractivity contribution in [2.24, 2.45) is 5.14 Å². The van der Waals surface area contributed by atoms with Crippen LogP contribution in [0.25, 0.3) is 16.9 Å². The number of primary sulfonamides is 1. The molecule has 0 fully saturated rings. The summed E-state index contributed by atoms with van der Waals surface area (Å²) in [5.74, 6) is 0. The van der Waals surface area contributed by atoms with Crippen LogP contribution in [-0.2, 0) is 21.4 Å². The summed E-state index contributed by atoms with van der Waals surface area (Å²) in [6, 6.07) is 15.4. The minimum Gasteiger partial charge on any atom is -0.396 e. The first-order valence-electron chi connectivity index (χ1n) is 8.55. The van der Waals surface area contributed by atoms with Gasteiger partial charge < -0.3 is 9.84 Å². The zero-order valence-electron chi connectivity index (χ0n) is 15.0. The number of benzene rings is 2. The second kappa shape index (κ2) is 8.85. The predicted molar refractivity (Wildman–Crippen MR) is 107 cm³/mol. The Morgan fingerprint density at radius 1 is 1.11 bits per heavy atom. The van der Waals surface area contributed by atoms with Crippen LogP contribution in [0.4, 0.5) is 0 Å². The standard InChI is InChI=1S/C19H20ClN3O4S/c20-15-4-2-14(3-5-15)19-12-16(13-27-11-1-10-24)22-23(19)17-6-8-18(9-7-17)28(21,25)26/h2-9,12,24H,1,10-11,13H2,(H2,21,25,26). The molecule has 0 saturated carbocycles. The van der Waals surface area contributed by atoms with Gasteiger partial charge in [0.25, 0.3) is 0 Å². The van der Waals surface area contributed by atoms with Gasteiger partial charge in [0.2, 0.25) is 10.0 Å². The molecule has 2 aromatic carbocycles. The molecule has 1 aromatic heterocycles. The predicted octanol–water partition coefficient (Wildman–Crippen LogP) is 2.74. The number of ether oxygens (including phenoxy) is 1. The highest BCUT2D eigenvalue weighted by molar-refractivity contribution is 7.89. The first-order chi connectivity index (χ1) is 13.4. The maximum atomic E-state index is 11.5. The van der Waals surface area contributed by atoms with Crippen molar-refractivity contribution in [1.82, 2.24) is 9.78 Å². The lowest BCUT2D eigenvalue weighted by atomic mass is 10.1. The van der Waals surface area contributed by atoms with Crippen molar-refractivity contribution >= 4 is 21.6 Å². The summed E-state index contributed by atoms with van der Waals surface area (Å²) in [5.41, 5.74) is 3.09. The third-order valence-corrected chi connectivity index (χ3v) is 5.19. The van der Waals surface area contributed by atoms with E-state index in [1.165, 1.54) is 12.1 Å². The van der Waals surface area contributed by atoms with Crippen molar-refractivity contribution in [3.8, 4) is 16.9 Å². The van der Waals surface area contributed by atoms with Gasteiger partial charge in [0.1, 0.15) is 0 Å². The first kappa shape index (κ1) is 20.5. The van der Waals surface area contributed by atoms with E-state index in [1.54, 1.807) is 28.9 Å². The molecule has 3 rings (SSSR count). The molecule has 0 aliphatic heterocycles. The fourth-order valence-corrected chi connectivity index (χ4v) is 3.29. The Morgan fingerprint density at radius 2 is 1.79 bits per heavy atom. The number of halogens is 1. The normalized spacial score (nSPS) is 11.7. The van der Waals surface area contributed by atoms with E-state index in [9.17, 15) is 8.42 Å². The average molecular weight is 422 g/mol. The van der Waals surface area contributed by atoms with Crippen LogP contribution in [-0.4, -0.2) is 36.5 Å². The van der Waals surface area contributed by atoms with Crippen LogP contribution in [0.1, 0.15) is 12.1 Å². The van der Waals surface area contributed by atoms with E-state index in [0.717, 1.165) is 11.3 Å². The van der Waals surface area contributed by atoms with Crippen molar-refractivity contribution in [2.45, 2.75) is 17.9 Å². The Bertz CT molecular complexity index is 1030. The van der Waals surface area contributed by atoms with Gasteiger partial charge in [0, 0.05) is 23.8 Å². The van der Waals surface area contributed by atoms with Gasteiger partial charge in [-0.1, -0.05) is 23.7 Å². The summed E-state index contributed by atoms with van der Waals surface area (Å²) in [4.78, 5) is 0.0315. The molecule has 9 heteroatoms. The number of aliphatic hydroxyl groups excluding tert-OH is 1. The Morgan fingerprint density at radius 3 is 2.39 bits per heavy atom. The van der Waals surface area contributed by atoms with Crippen LogP contribution < -0.4 is 5.14 Å². The highest BCUT2D eigenvalue weighted by Gasteiger charge is 2.14. The minimum atomic E-state index is -3.77. The molecule has 7 nitrogen and oxygen atoms in total. The van der Waals surface area contributed by atoms with Crippen LogP contribution >= 0.6 is 11.6 Å². The quantitative estimate of drug-likeness (QED) is 0.544. The molecule has 0 unspecified atom stereocenters. The molecule has 28 heavy (non-hydrogen) atoms. The largest absolute Gasteiger partial charge is 0.396 e. The van der Waals surface area contributed by atoms with E-state index in [-0.39, 0.29) is 11.5 Å². The van der Waals surface area contributed by atoms with Gasteiger partial charge in [-0.05, 0) is 48.9 Å². The maximum absolute atomic E-state index is 11.5. The molecule has 3 aromatic rings. The van der Waals surface area contributed by atoms with E-state index in [4.69, 9.17) is 26.6 Å². The van der Waals surface area contributed by atoms with E-state index in [2.05, 4.69) is 5.10 Å². The van der Waals surface area contributed by atoms with Crippen molar-refractivity contribution < 1.29 is 18.3 Å². The zero-order valence-corrected chi connectivity index (χ0v) is 16.5. The average Bonchev–Trinajstić information content (AvgIpc) is 3.09. The second-order valence-electron chi connectivity index (χ2n) is 6.11. The van der Waals surface area contributed by atoms with Gasteiger partial charge in [0.15, 0.2) is 0 Å². The van der Waals surface area contributed by atoms with Crippen LogP contribution in [0, 0.1) is 0 Å². The van der Waals surface area contributed by atoms with Crippen molar-refractivity contribution in [3.05, 3.63) is 65.3 Å².